The van der Waals surface area contributed by atoms with E-state index in [1.54, 1.807) is 0 Å². The Balaban J connectivity index is 3.70. The maximum Gasteiger partial charge on any atom is 0.435 e. The Morgan fingerprint density at radius 1 is 0.818 bits per heavy atom. The Morgan fingerprint density at radius 3 is 1.36 bits per heavy atom. The summed E-state index contributed by atoms with van der Waals surface area (Å²) < 4.78 is 91.1. The van der Waals surface area contributed by atoms with E-state index in [1.165, 1.54) is 13.8 Å². The van der Waals surface area contributed by atoms with E-state index >= 15 is 0 Å². The molecule has 0 aliphatic heterocycles. The van der Waals surface area contributed by atoms with Crippen molar-refractivity contribution in [2.75, 3.05) is 0 Å². The first-order chi connectivity index (χ1) is 9.71. The van der Waals surface area contributed by atoms with Gasteiger partial charge in [-0.2, -0.15) is 26.3 Å². The number of hydrogen-bond donors (Lipinski definition) is 0. The minimum atomic E-state index is -6.13. The van der Waals surface area contributed by atoms with Gasteiger partial charge in [0.1, 0.15) is 0 Å². The lowest BCUT2D eigenvalue weighted by molar-refractivity contribution is -0.348. The predicted molar refractivity (Wildman–Crippen MR) is 74.9 cm³/mol. The van der Waals surface area contributed by atoms with Crippen LogP contribution >= 0.6 is 31.9 Å². The molecule has 1 rings (SSSR count). The van der Waals surface area contributed by atoms with Crippen molar-refractivity contribution in [3.63, 3.8) is 0 Å². The van der Waals surface area contributed by atoms with Gasteiger partial charge in [0, 0.05) is 15.2 Å². The highest BCUT2D eigenvalue weighted by molar-refractivity contribution is 9.09. The normalized spacial score (nSPS) is 16.5. The van der Waals surface area contributed by atoms with Crippen molar-refractivity contribution in [2.45, 2.75) is 41.5 Å². The molecule has 2 unspecified atom stereocenters. The van der Waals surface area contributed by atoms with Crippen LogP contribution in [-0.2, 0) is 5.67 Å². The minimum absolute atomic E-state index is 0.00525. The fourth-order valence-electron chi connectivity index (χ4n) is 1.73. The zero-order valence-corrected chi connectivity index (χ0v) is 14.4. The van der Waals surface area contributed by atoms with Gasteiger partial charge >= 0.3 is 18.0 Å². The molecule has 9 heteroatoms. The van der Waals surface area contributed by atoms with Crippen LogP contribution in [-0.4, -0.2) is 12.4 Å². The topological polar surface area (TPSA) is 0 Å². The average molecular weight is 459 g/mol. The van der Waals surface area contributed by atoms with Gasteiger partial charge in [0.2, 0.25) is 0 Å². The minimum Gasteiger partial charge on any atom is -0.218 e. The van der Waals surface area contributed by atoms with Gasteiger partial charge in [0.05, 0.1) is 0 Å². The van der Waals surface area contributed by atoms with Crippen molar-refractivity contribution in [3.05, 3.63) is 34.9 Å². The molecule has 0 aliphatic carbocycles. The van der Waals surface area contributed by atoms with E-state index in [0.29, 0.717) is 12.1 Å². The van der Waals surface area contributed by atoms with Crippen LogP contribution in [0.25, 0.3) is 0 Å². The van der Waals surface area contributed by atoms with Crippen molar-refractivity contribution in [1.29, 1.82) is 0 Å². The molecule has 1 radical (unpaired) electrons. The molecule has 1 aromatic rings. The van der Waals surface area contributed by atoms with Crippen molar-refractivity contribution < 1.29 is 30.7 Å². The SMILES string of the molecule is CC(Br)c1[c]c(C(C)Br)cc(C(F)(C(F)(F)F)C(F)(F)F)c1. The van der Waals surface area contributed by atoms with Crippen LogP contribution in [0.3, 0.4) is 0 Å². The molecule has 0 bridgehead atoms. The molecular formula is C13H10Br2F7. The van der Waals surface area contributed by atoms with E-state index in [2.05, 4.69) is 37.9 Å². The zero-order valence-electron chi connectivity index (χ0n) is 11.2. The lowest BCUT2D eigenvalue weighted by atomic mass is 9.90. The fourth-order valence-corrected chi connectivity index (χ4v) is 2.22. The molecule has 0 amide bonds. The molecule has 0 saturated carbocycles. The fraction of sp³-hybridized carbons (Fsp3) is 0.538. The standard InChI is InChI=1S/C13H10Br2F7/c1-6(14)8-3-9(7(2)15)5-10(4-8)11(16,12(17,18)19)13(20,21)22/h4-7H,1-2H3. The monoisotopic (exact) mass is 457 g/mol. The first kappa shape index (κ1) is 19.7. The smallest absolute Gasteiger partial charge is 0.218 e. The molecule has 0 spiro atoms. The van der Waals surface area contributed by atoms with Crippen LogP contribution in [0.2, 0.25) is 0 Å². The Morgan fingerprint density at radius 2 is 1.14 bits per heavy atom. The van der Waals surface area contributed by atoms with Gasteiger partial charge in [0.15, 0.2) is 0 Å². The lowest BCUT2D eigenvalue weighted by Gasteiger charge is -2.31. The number of hydrogen-bond acceptors (Lipinski definition) is 0. The Bertz CT molecular complexity index is 492. The van der Waals surface area contributed by atoms with Crippen LogP contribution in [0.5, 0.6) is 0 Å². The van der Waals surface area contributed by atoms with Gasteiger partial charge in [-0.25, -0.2) is 4.39 Å². The molecule has 0 nitrogen and oxygen atoms in total. The van der Waals surface area contributed by atoms with E-state index in [-0.39, 0.29) is 11.1 Å². The van der Waals surface area contributed by atoms with Gasteiger partial charge in [-0.3, -0.25) is 0 Å². The largest absolute Gasteiger partial charge is 0.435 e. The second-order valence-corrected chi connectivity index (χ2v) is 7.41. The van der Waals surface area contributed by atoms with Crippen LogP contribution in [0.15, 0.2) is 12.1 Å². The molecule has 0 fully saturated rings. The van der Waals surface area contributed by atoms with Crippen molar-refractivity contribution in [1.82, 2.24) is 0 Å². The molecule has 0 aliphatic rings. The van der Waals surface area contributed by atoms with Crippen LogP contribution in [0.1, 0.15) is 40.2 Å². The summed E-state index contributed by atoms with van der Waals surface area (Å²) in [5, 5.41) is 0. The maximum atomic E-state index is 14.1. The summed E-state index contributed by atoms with van der Waals surface area (Å²) in [4.78, 5) is -1.19. The third-order valence-electron chi connectivity index (χ3n) is 2.95. The summed E-state index contributed by atoms with van der Waals surface area (Å²) in [7, 11) is 0. The van der Waals surface area contributed by atoms with Crippen LogP contribution in [0.4, 0.5) is 30.7 Å². The van der Waals surface area contributed by atoms with Crippen molar-refractivity contribution in [2.24, 2.45) is 0 Å². The average Bonchev–Trinajstić information content (AvgIpc) is 2.34. The third kappa shape index (κ3) is 3.60. The predicted octanol–water partition coefficient (Wildman–Crippen LogP) is 6.69. The molecular weight excluding hydrogens is 449 g/mol. The van der Waals surface area contributed by atoms with E-state index in [9.17, 15) is 30.7 Å². The first-order valence-corrected chi connectivity index (χ1v) is 7.73. The van der Waals surface area contributed by atoms with Gasteiger partial charge in [-0.1, -0.05) is 44.0 Å². The molecule has 0 heterocycles. The van der Waals surface area contributed by atoms with E-state index in [4.69, 9.17) is 0 Å². The number of rotatable bonds is 3. The van der Waals surface area contributed by atoms with Gasteiger partial charge in [0.25, 0.3) is 0 Å². The van der Waals surface area contributed by atoms with E-state index < -0.39 is 33.2 Å². The maximum absolute atomic E-state index is 14.1. The summed E-state index contributed by atoms with van der Waals surface area (Å²) in [5.41, 5.74) is -6.96. The van der Waals surface area contributed by atoms with Crippen molar-refractivity contribution >= 4 is 31.9 Å². The molecule has 1 aromatic carbocycles. The molecule has 2 atom stereocenters. The summed E-state index contributed by atoms with van der Waals surface area (Å²) in [5.74, 6) is 0. The lowest BCUT2D eigenvalue weighted by Crippen LogP contribution is -2.50. The Kier molecular flexibility index (Phi) is 5.65. The third-order valence-corrected chi connectivity index (χ3v) is 3.93. The highest BCUT2D eigenvalue weighted by Crippen LogP contribution is 2.54. The highest BCUT2D eigenvalue weighted by Gasteiger charge is 2.73. The summed E-state index contributed by atoms with van der Waals surface area (Å²) in [6.07, 6.45) is -12.3. The summed E-state index contributed by atoms with van der Waals surface area (Å²) >= 11 is 6.07. The van der Waals surface area contributed by atoms with Crippen LogP contribution < -0.4 is 0 Å². The molecule has 125 valence electrons. The number of halogens is 9. The van der Waals surface area contributed by atoms with Crippen molar-refractivity contribution in [3.8, 4) is 0 Å². The Labute approximate surface area is 139 Å². The quantitative estimate of drug-likeness (QED) is 0.349. The van der Waals surface area contributed by atoms with Crippen LogP contribution in [0, 0.1) is 6.07 Å². The molecule has 22 heavy (non-hydrogen) atoms. The summed E-state index contributed by atoms with van der Waals surface area (Å²) in [6, 6.07) is 3.72. The number of benzene rings is 1. The molecule has 0 aromatic heterocycles. The number of alkyl halides is 9. The zero-order chi connectivity index (χ0) is 17.5. The van der Waals surface area contributed by atoms with Gasteiger partial charge < -0.3 is 0 Å². The first-order valence-electron chi connectivity index (χ1n) is 5.90. The second kappa shape index (κ2) is 6.30. The van der Waals surface area contributed by atoms with Gasteiger partial charge in [-0.05, 0) is 31.0 Å². The Hall–Kier alpha value is -0.310. The molecule has 0 N–H and O–H groups in total. The van der Waals surface area contributed by atoms with E-state index in [0.717, 1.165) is 0 Å². The summed E-state index contributed by atoms with van der Waals surface area (Å²) in [6.45, 7) is 2.97. The second-order valence-electron chi connectivity index (χ2n) is 4.67. The highest BCUT2D eigenvalue weighted by atomic mass is 79.9. The van der Waals surface area contributed by atoms with Gasteiger partial charge in [-0.15, -0.1) is 0 Å². The van der Waals surface area contributed by atoms with E-state index in [1.807, 2.05) is 0 Å². The molecule has 0 saturated heterocycles.